The minimum Gasteiger partial charge on any atom is -0.385 e. The van der Waals surface area contributed by atoms with Gasteiger partial charge in [0.2, 0.25) is 5.91 Å². The fourth-order valence-electron chi connectivity index (χ4n) is 3.03. The number of nitrogens with one attached hydrogen (secondary N) is 3. The van der Waals surface area contributed by atoms with Gasteiger partial charge in [-0.15, -0.1) is 24.0 Å². The van der Waals surface area contributed by atoms with Crippen LogP contribution in [0.1, 0.15) is 31.2 Å². The van der Waals surface area contributed by atoms with E-state index < -0.39 is 0 Å². The second kappa shape index (κ2) is 12.1. The number of halogens is 1. The molecule has 0 spiro atoms. The number of nitrogens with zero attached hydrogens (tertiary/aromatic N) is 1. The van der Waals surface area contributed by atoms with Crippen LogP contribution in [0.3, 0.4) is 0 Å². The number of guanidine groups is 1. The van der Waals surface area contributed by atoms with E-state index in [0.29, 0.717) is 17.9 Å². The third-order valence-electron chi connectivity index (χ3n) is 4.85. The Morgan fingerprint density at radius 2 is 1.92 bits per heavy atom. The molecule has 2 rings (SSSR count). The summed E-state index contributed by atoms with van der Waals surface area (Å²) in [5.41, 5.74) is 1.40. The van der Waals surface area contributed by atoms with Crippen LogP contribution in [-0.4, -0.2) is 45.7 Å². The Morgan fingerprint density at radius 1 is 1.19 bits per heavy atom. The van der Waals surface area contributed by atoms with Gasteiger partial charge in [0.05, 0.1) is 6.54 Å². The van der Waals surface area contributed by atoms with Crippen LogP contribution in [0.2, 0.25) is 0 Å². The highest BCUT2D eigenvalue weighted by atomic mass is 127. The van der Waals surface area contributed by atoms with Crippen LogP contribution in [0, 0.1) is 5.41 Å². The van der Waals surface area contributed by atoms with Crippen LogP contribution in [0.15, 0.2) is 35.3 Å². The third-order valence-corrected chi connectivity index (χ3v) is 4.85. The lowest BCUT2D eigenvalue weighted by Gasteiger charge is -2.42. The summed E-state index contributed by atoms with van der Waals surface area (Å²) < 4.78 is 5.22. The minimum absolute atomic E-state index is 0. The van der Waals surface area contributed by atoms with Crippen molar-refractivity contribution in [3.05, 3.63) is 35.9 Å². The average molecular weight is 474 g/mol. The normalized spacial score (nSPS) is 15.4. The molecule has 1 saturated carbocycles. The Hall–Kier alpha value is -1.35. The predicted molar refractivity (Wildman–Crippen MR) is 116 cm³/mol. The topological polar surface area (TPSA) is 74.8 Å². The van der Waals surface area contributed by atoms with Crippen LogP contribution in [0.5, 0.6) is 0 Å². The van der Waals surface area contributed by atoms with Crippen LogP contribution in [-0.2, 0) is 16.1 Å². The number of carbonyl (C=O) groups is 1. The Kier molecular flexibility index (Phi) is 10.6. The number of benzene rings is 1. The van der Waals surface area contributed by atoms with Gasteiger partial charge in [0.25, 0.3) is 0 Å². The zero-order chi connectivity index (χ0) is 18.0. The monoisotopic (exact) mass is 474 g/mol. The van der Waals surface area contributed by atoms with Crippen molar-refractivity contribution in [2.24, 2.45) is 10.4 Å². The molecule has 0 heterocycles. The van der Waals surface area contributed by atoms with Gasteiger partial charge in [0, 0.05) is 33.9 Å². The summed E-state index contributed by atoms with van der Waals surface area (Å²) in [6.07, 6.45) is 4.78. The fraction of sp³-hybridized carbons (Fsp3) is 0.579. The molecule has 146 valence electrons. The lowest BCUT2D eigenvalue weighted by atomic mass is 9.67. The van der Waals surface area contributed by atoms with E-state index in [-0.39, 0.29) is 36.4 Å². The number of aliphatic imine (C=N–C) groups is 1. The van der Waals surface area contributed by atoms with E-state index in [1.165, 1.54) is 19.3 Å². The molecule has 6 nitrogen and oxygen atoms in total. The smallest absolute Gasteiger partial charge is 0.239 e. The Balaban J connectivity index is 0.00000338. The number of hydrogen-bond donors (Lipinski definition) is 3. The highest BCUT2D eigenvalue weighted by Crippen LogP contribution is 2.43. The number of rotatable bonds is 9. The lowest BCUT2D eigenvalue weighted by Crippen LogP contribution is -2.48. The summed E-state index contributed by atoms with van der Waals surface area (Å²) in [5.74, 6) is 0.614. The van der Waals surface area contributed by atoms with Crippen molar-refractivity contribution >= 4 is 35.8 Å². The van der Waals surface area contributed by atoms with E-state index >= 15 is 0 Å². The van der Waals surface area contributed by atoms with E-state index in [0.717, 1.165) is 25.1 Å². The van der Waals surface area contributed by atoms with Gasteiger partial charge in [-0.05, 0) is 30.2 Å². The molecule has 26 heavy (non-hydrogen) atoms. The van der Waals surface area contributed by atoms with Crippen molar-refractivity contribution in [2.45, 2.75) is 32.2 Å². The quantitative estimate of drug-likeness (QED) is 0.292. The minimum atomic E-state index is -0.0513. The first kappa shape index (κ1) is 22.7. The van der Waals surface area contributed by atoms with Gasteiger partial charge in [-0.1, -0.05) is 36.8 Å². The van der Waals surface area contributed by atoms with Gasteiger partial charge in [0.1, 0.15) is 0 Å². The molecule has 0 radical (unpaired) electrons. The summed E-state index contributed by atoms with van der Waals surface area (Å²) >= 11 is 0. The first-order chi connectivity index (χ1) is 12.2. The predicted octanol–water partition coefficient (Wildman–Crippen LogP) is 2.29. The summed E-state index contributed by atoms with van der Waals surface area (Å²) in [6.45, 7) is 2.39. The third kappa shape index (κ3) is 7.49. The van der Waals surface area contributed by atoms with Crippen LogP contribution < -0.4 is 16.0 Å². The molecule has 0 atom stereocenters. The number of amides is 1. The molecule has 0 unspecified atom stereocenters. The molecule has 1 aromatic rings. The Morgan fingerprint density at radius 3 is 2.50 bits per heavy atom. The maximum absolute atomic E-state index is 12.0. The molecule has 0 saturated heterocycles. The summed E-state index contributed by atoms with van der Waals surface area (Å²) in [5, 5.41) is 9.33. The Bertz CT molecular complexity index is 562. The molecule has 3 N–H and O–H groups in total. The highest BCUT2D eigenvalue weighted by molar-refractivity contribution is 14.0. The molecule has 0 aliphatic heterocycles. The van der Waals surface area contributed by atoms with Crippen molar-refractivity contribution in [1.29, 1.82) is 0 Å². The zero-order valence-electron chi connectivity index (χ0n) is 15.7. The van der Waals surface area contributed by atoms with Gasteiger partial charge in [-0.25, -0.2) is 0 Å². The fourth-order valence-corrected chi connectivity index (χ4v) is 3.03. The van der Waals surface area contributed by atoms with Gasteiger partial charge >= 0.3 is 0 Å². The van der Waals surface area contributed by atoms with E-state index in [4.69, 9.17) is 4.74 Å². The summed E-state index contributed by atoms with van der Waals surface area (Å²) in [7, 11) is 3.47. The molecule has 1 fully saturated rings. The van der Waals surface area contributed by atoms with Gasteiger partial charge < -0.3 is 20.7 Å². The molecular weight excluding hydrogens is 443 g/mol. The van der Waals surface area contributed by atoms with E-state index in [2.05, 4.69) is 20.9 Å². The van der Waals surface area contributed by atoms with E-state index in [1.807, 2.05) is 30.3 Å². The maximum atomic E-state index is 12.0. The van der Waals surface area contributed by atoms with Gasteiger partial charge in [-0.2, -0.15) is 0 Å². The summed E-state index contributed by atoms with van der Waals surface area (Å²) in [4.78, 5) is 16.2. The second-order valence-corrected chi connectivity index (χ2v) is 6.64. The van der Waals surface area contributed by atoms with Gasteiger partial charge in [-0.3, -0.25) is 9.79 Å². The highest BCUT2D eigenvalue weighted by Gasteiger charge is 2.36. The molecule has 0 aromatic heterocycles. The maximum Gasteiger partial charge on any atom is 0.239 e. The zero-order valence-corrected chi connectivity index (χ0v) is 18.0. The number of ether oxygens (including phenoxy) is 1. The van der Waals surface area contributed by atoms with E-state index in [1.54, 1.807) is 14.2 Å². The molecule has 1 aliphatic rings. The van der Waals surface area contributed by atoms with Crippen molar-refractivity contribution in [1.82, 2.24) is 16.0 Å². The first-order valence-electron chi connectivity index (χ1n) is 8.91. The van der Waals surface area contributed by atoms with Crippen LogP contribution in [0.25, 0.3) is 0 Å². The van der Waals surface area contributed by atoms with Crippen LogP contribution in [0.4, 0.5) is 0 Å². The Labute approximate surface area is 173 Å². The van der Waals surface area contributed by atoms with Crippen LogP contribution >= 0.6 is 24.0 Å². The molecule has 1 aliphatic carbocycles. The average Bonchev–Trinajstić information content (AvgIpc) is 2.62. The van der Waals surface area contributed by atoms with Crippen molar-refractivity contribution in [3.63, 3.8) is 0 Å². The summed E-state index contributed by atoms with van der Waals surface area (Å²) in [6, 6.07) is 9.87. The molecular formula is C19H31IN4O2. The van der Waals surface area contributed by atoms with Crippen molar-refractivity contribution in [2.75, 3.05) is 33.9 Å². The van der Waals surface area contributed by atoms with Gasteiger partial charge in [0.15, 0.2) is 5.96 Å². The number of hydrogen-bond acceptors (Lipinski definition) is 3. The first-order valence-corrected chi connectivity index (χ1v) is 8.91. The molecule has 1 aromatic carbocycles. The van der Waals surface area contributed by atoms with Crippen molar-refractivity contribution < 1.29 is 9.53 Å². The second-order valence-electron chi connectivity index (χ2n) is 6.64. The molecule has 1 amide bonds. The number of carbonyl (C=O) groups excluding carboxylic acids is 1. The largest absolute Gasteiger partial charge is 0.385 e. The number of methoxy groups -OCH3 is 1. The van der Waals surface area contributed by atoms with Crippen molar-refractivity contribution in [3.8, 4) is 0 Å². The standard InChI is InChI=1S/C19H30N4O2.HI/c1-20-18(23-15-19(9-6-10-19)11-12-25-2)22-14-17(24)21-13-16-7-4-3-5-8-16;/h3-5,7-8H,6,9-15H2,1-2H3,(H,21,24)(H2,20,22,23);1H. The van der Waals surface area contributed by atoms with E-state index in [9.17, 15) is 4.79 Å². The SMILES string of the molecule is CN=C(NCC(=O)NCc1ccccc1)NCC1(CCOC)CCC1.I. The molecule has 7 heteroatoms. The molecule has 0 bridgehead atoms. The lowest BCUT2D eigenvalue weighted by molar-refractivity contribution is -0.120.